The van der Waals surface area contributed by atoms with Crippen LogP contribution in [0.2, 0.25) is 4.34 Å². The predicted octanol–water partition coefficient (Wildman–Crippen LogP) is 3.25. The molecule has 0 saturated carbocycles. The van der Waals surface area contributed by atoms with Crippen LogP contribution in [0.25, 0.3) is 0 Å². The fourth-order valence-corrected chi connectivity index (χ4v) is 2.68. The molecule has 1 unspecified atom stereocenters. The smallest absolute Gasteiger partial charge is 0.123 e. The Bertz CT molecular complexity index is 397. The maximum absolute atomic E-state index is 9.91. The summed E-state index contributed by atoms with van der Waals surface area (Å²) >= 11 is 8.74. The van der Waals surface area contributed by atoms with Gasteiger partial charge < -0.3 is 5.11 Å². The van der Waals surface area contributed by atoms with E-state index in [1.165, 1.54) is 22.7 Å². The van der Waals surface area contributed by atoms with Gasteiger partial charge in [-0.15, -0.1) is 22.7 Å². The van der Waals surface area contributed by atoms with Crippen molar-refractivity contribution in [3.63, 3.8) is 0 Å². The van der Waals surface area contributed by atoms with Gasteiger partial charge in [0.2, 0.25) is 0 Å². The lowest BCUT2D eigenvalue weighted by Crippen LogP contribution is -1.97. The van der Waals surface area contributed by atoms with Crippen molar-refractivity contribution < 1.29 is 5.11 Å². The minimum atomic E-state index is -0.649. The second-order valence-corrected chi connectivity index (χ2v) is 5.48. The highest BCUT2D eigenvalue weighted by Gasteiger charge is 2.14. The number of rotatable bonds is 2. The second kappa shape index (κ2) is 3.98. The molecule has 5 heteroatoms. The van der Waals surface area contributed by atoms with Crippen LogP contribution in [0.5, 0.6) is 0 Å². The molecule has 1 N–H and O–H groups in total. The van der Waals surface area contributed by atoms with Crippen molar-refractivity contribution in [1.29, 1.82) is 0 Å². The van der Waals surface area contributed by atoms with Crippen molar-refractivity contribution >= 4 is 34.3 Å². The Hall–Kier alpha value is -0.420. The molecule has 0 aliphatic rings. The zero-order valence-corrected chi connectivity index (χ0v) is 9.79. The van der Waals surface area contributed by atoms with E-state index >= 15 is 0 Å². The second-order valence-electron chi connectivity index (χ2n) is 2.88. The van der Waals surface area contributed by atoms with Crippen LogP contribution in [-0.4, -0.2) is 10.1 Å². The van der Waals surface area contributed by atoms with Gasteiger partial charge in [0.15, 0.2) is 0 Å². The molecule has 0 aliphatic heterocycles. The Morgan fingerprint density at radius 3 is 2.71 bits per heavy atom. The van der Waals surface area contributed by atoms with E-state index in [1.54, 1.807) is 6.07 Å². The minimum absolute atomic E-state index is 0.649. The minimum Gasteiger partial charge on any atom is -0.382 e. The molecule has 0 saturated heterocycles. The Morgan fingerprint density at radius 1 is 1.43 bits per heavy atom. The maximum Gasteiger partial charge on any atom is 0.123 e. The van der Waals surface area contributed by atoms with Crippen LogP contribution in [0, 0.1) is 6.92 Å². The number of hydrogen-bond donors (Lipinski definition) is 1. The van der Waals surface area contributed by atoms with Crippen molar-refractivity contribution in [2.75, 3.05) is 0 Å². The number of thiophene rings is 1. The van der Waals surface area contributed by atoms with Crippen LogP contribution in [0.15, 0.2) is 16.8 Å². The van der Waals surface area contributed by atoms with Crippen LogP contribution >= 0.6 is 34.3 Å². The van der Waals surface area contributed by atoms with Crippen LogP contribution in [0.1, 0.15) is 22.4 Å². The van der Waals surface area contributed by atoms with Gasteiger partial charge in [-0.1, -0.05) is 11.6 Å². The standard InChI is InChI=1S/C9H8ClNOS2/c1-5-11-7(4-13-5)9(12)6-2-8(10)14-3-6/h2-4,9,12H,1H3. The summed E-state index contributed by atoms with van der Waals surface area (Å²) in [6, 6.07) is 1.77. The van der Waals surface area contributed by atoms with E-state index in [-0.39, 0.29) is 0 Å². The molecule has 2 aromatic heterocycles. The molecule has 1 atom stereocenters. The lowest BCUT2D eigenvalue weighted by molar-refractivity contribution is 0.216. The fraction of sp³-hybridized carbons (Fsp3) is 0.222. The maximum atomic E-state index is 9.91. The predicted molar refractivity (Wildman–Crippen MR) is 60.2 cm³/mol. The van der Waals surface area contributed by atoms with E-state index in [0.717, 1.165) is 10.6 Å². The van der Waals surface area contributed by atoms with E-state index in [9.17, 15) is 5.11 Å². The van der Waals surface area contributed by atoms with Crippen molar-refractivity contribution in [3.8, 4) is 0 Å². The van der Waals surface area contributed by atoms with Crippen molar-refractivity contribution in [3.05, 3.63) is 37.4 Å². The summed E-state index contributed by atoms with van der Waals surface area (Å²) in [7, 11) is 0. The molecule has 14 heavy (non-hydrogen) atoms. The fourth-order valence-electron chi connectivity index (χ4n) is 1.14. The molecule has 2 aromatic rings. The molecule has 0 aromatic carbocycles. The molecule has 74 valence electrons. The first-order chi connectivity index (χ1) is 6.66. The van der Waals surface area contributed by atoms with Crippen LogP contribution in [-0.2, 0) is 0 Å². The van der Waals surface area contributed by atoms with Crippen molar-refractivity contribution in [1.82, 2.24) is 4.98 Å². The molecule has 0 bridgehead atoms. The molecule has 0 amide bonds. The van der Waals surface area contributed by atoms with Gasteiger partial charge in [-0.3, -0.25) is 0 Å². The highest BCUT2D eigenvalue weighted by molar-refractivity contribution is 7.14. The summed E-state index contributed by atoms with van der Waals surface area (Å²) in [5.41, 5.74) is 1.51. The SMILES string of the molecule is Cc1nc(C(O)c2csc(Cl)c2)cs1. The monoisotopic (exact) mass is 245 g/mol. The first kappa shape index (κ1) is 10.1. The zero-order valence-electron chi connectivity index (χ0n) is 7.40. The average molecular weight is 246 g/mol. The Kier molecular flexibility index (Phi) is 2.88. The normalized spacial score (nSPS) is 13.1. The molecule has 0 spiro atoms. The highest BCUT2D eigenvalue weighted by Crippen LogP contribution is 2.29. The van der Waals surface area contributed by atoms with E-state index in [4.69, 9.17) is 11.6 Å². The topological polar surface area (TPSA) is 33.1 Å². The number of halogens is 1. The summed E-state index contributed by atoms with van der Waals surface area (Å²) in [4.78, 5) is 4.23. The highest BCUT2D eigenvalue weighted by atomic mass is 35.5. The molecule has 2 rings (SSSR count). The van der Waals surface area contributed by atoms with Gasteiger partial charge in [-0.05, 0) is 23.9 Å². The van der Waals surface area contributed by atoms with Gasteiger partial charge in [-0.2, -0.15) is 0 Å². The summed E-state index contributed by atoms with van der Waals surface area (Å²) < 4.78 is 0.686. The molecule has 0 radical (unpaired) electrons. The van der Waals surface area contributed by atoms with E-state index < -0.39 is 6.10 Å². The number of aryl methyl sites for hydroxylation is 1. The third-order valence-electron chi connectivity index (χ3n) is 1.82. The van der Waals surface area contributed by atoms with Gasteiger partial charge in [-0.25, -0.2) is 4.98 Å². The first-order valence-corrected chi connectivity index (χ1v) is 6.14. The van der Waals surface area contributed by atoms with Crippen LogP contribution in [0.3, 0.4) is 0 Å². The van der Waals surface area contributed by atoms with E-state index in [1.807, 2.05) is 17.7 Å². The van der Waals surface area contributed by atoms with Gasteiger partial charge in [0.1, 0.15) is 6.10 Å². The van der Waals surface area contributed by atoms with Crippen molar-refractivity contribution in [2.45, 2.75) is 13.0 Å². The Labute approximate surface area is 94.8 Å². The average Bonchev–Trinajstić information content (AvgIpc) is 2.73. The lowest BCUT2D eigenvalue weighted by atomic mass is 10.1. The molecular formula is C9H8ClNOS2. The van der Waals surface area contributed by atoms with Gasteiger partial charge in [0, 0.05) is 5.38 Å². The number of hydrogen-bond acceptors (Lipinski definition) is 4. The van der Waals surface area contributed by atoms with Crippen LogP contribution < -0.4 is 0 Å². The quantitative estimate of drug-likeness (QED) is 0.881. The van der Waals surface area contributed by atoms with Gasteiger partial charge >= 0.3 is 0 Å². The van der Waals surface area contributed by atoms with E-state index in [2.05, 4.69) is 4.98 Å². The number of aliphatic hydroxyl groups is 1. The Balaban J connectivity index is 2.28. The lowest BCUT2D eigenvalue weighted by Gasteiger charge is -2.03. The number of aromatic nitrogens is 1. The summed E-state index contributed by atoms with van der Waals surface area (Å²) in [5.74, 6) is 0. The number of nitrogens with zero attached hydrogens (tertiary/aromatic N) is 1. The molecule has 2 nitrogen and oxygen atoms in total. The molecule has 0 fully saturated rings. The summed E-state index contributed by atoms with van der Waals surface area (Å²) in [6.07, 6.45) is -0.649. The van der Waals surface area contributed by atoms with E-state index in [0.29, 0.717) is 10.0 Å². The van der Waals surface area contributed by atoms with Gasteiger partial charge in [0.25, 0.3) is 0 Å². The molecule has 2 heterocycles. The Morgan fingerprint density at radius 2 is 2.21 bits per heavy atom. The molecule has 0 aliphatic carbocycles. The zero-order chi connectivity index (χ0) is 10.1. The number of thiazole rings is 1. The largest absolute Gasteiger partial charge is 0.382 e. The third-order valence-corrected chi connectivity index (χ3v) is 3.72. The van der Waals surface area contributed by atoms with Gasteiger partial charge in [0.05, 0.1) is 15.0 Å². The summed E-state index contributed by atoms with van der Waals surface area (Å²) in [6.45, 7) is 1.92. The summed E-state index contributed by atoms with van der Waals surface area (Å²) in [5, 5.41) is 14.6. The third kappa shape index (κ3) is 1.98. The first-order valence-electron chi connectivity index (χ1n) is 4.01. The molecular weight excluding hydrogens is 238 g/mol. The number of aliphatic hydroxyl groups excluding tert-OH is 1. The van der Waals surface area contributed by atoms with Crippen LogP contribution in [0.4, 0.5) is 0 Å². The van der Waals surface area contributed by atoms with Crippen molar-refractivity contribution in [2.24, 2.45) is 0 Å².